The summed E-state index contributed by atoms with van der Waals surface area (Å²) in [6.45, 7) is 0.116. The number of benzene rings is 2. The molecule has 0 N–H and O–H groups in total. The first-order valence-corrected chi connectivity index (χ1v) is 9.77. The highest BCUT2D eigenvalue weighted by Crippen LogP contribution is 2.38. The SMILES string of the molecule is O=S(=O)(Cc1ccccc1)OC[C@H]1COc2ccc3ncccc3c2O1. The van der Waals surface area contributed by atoms with Crippen molar-refractivity contribution in [3.63, 3.8) is 0 Å². The fraction of sp³-hybridized carbons (Fsp3) is 0.211. The van der Waals surface area contributed by atoms with Crippen molar-refractivity contribution in [1.82, 2.24) is 4.98 Å². The van der Waals surface area contributed by atoms with Crippen LogP contribution in [0.2, 0.25) is 0 Å². The lowest BCUT2D eigenvalue weighted by Gasteiger charge is -2.27. The summed E-state index contributed by atoms with van der Waals surface area (Å²) in [4.78, 5) is 4.28. The summed E-state index contributed by atoms with van der Waals surface area (Å²) in [6.07, 6.45) is 1.19. The van der Waals surface area contributed by atoms with E-state index in [0.717, 1.165) is 10.9 Å². The lowest BCUT2D eigenvalue weighted by atomic mass is 10.1. The lowest BCUT2D eigenvalue weighted by Crippen LogP contribution is -2.34. The Hall–Kier alpha value is -2.64. The van der Waals surface area contributed by atoms with Gasteiger partial charge in [0.1, 0.15) is 19.0 Å². The van der Waals surface area contributed by atoms with Crippen LogP contribution in [-0.2, 0) is 20.1 Å². The minimum absolute atomic E-state index is 0.106. The van der Waals surface area contributed by atoms with Gasteiger partial charge in [0, 0.05) is 11.6 Å². The molecule has 0 bridgehead atoms. The number of rotatable bonds is 5. The molecule has 0 saturated carbocycles. The molecular formula is C19H17NO5S. The Morgan fingerprint density at radius 2 is 1.92 bits per heavy atom. The van der Waals surface area contributed by atoms with E-state index in [1.54, 1.807) is 36.5 Å². The highest BCUT2D eigenvalue weighted by Gasteiger charge is 2.25. The van der Waals surface area contributed by atoms with Crippen LogP contribution in [0, 0.1) is 0 Å². The summed E-state index contributed by atoms with van der Waals surface area (Å²) in [5.41, 5.74) is 1.46. The number of ether oxygens (including phenoxy) is 2. The van der Waals surface area contributed by atoms with Crippen LogP contribution < -0.4 is 9.47 Å². The third-order valence-electron chi connectivity index (χ3n) is 4.03. The Bertz CT molecular complexity index is 1020. The Balaban J connectivity index is 1.45. The Kier molecular flexibility index (Phi) is 4.48. The average molecular weight is 371 g/mol. The quantitative estimate of drug-likeness (QED) is 0.642. The van der Waals surface area contributed by atoms with Crippen LogP contribution in [0.1, 0.15) is 5.56 Å². The Morgan fingerprint density at radius 3 is 2.77 bits per heavy atom. The maximum absolute atomic E-state index is 12.2. The molecule has 134 valence electrons. The number of nitrogens with zero attached hydrogens (tertiary/aromatic N) is 1. The van der Waals surface area contributed by atoms with Crippen LogP contribution >= 0.6 is 0 Å². The molecule has 2 aromatic carbocycles. The van der Waals surface area contributed by atoms with Crippen LogP contribution in [0.5, 0.6) is 11.5 Å². The summed E-state index contributed by atoms with van der Waals surface area (Å²) in [6, 6.07) is 16.3. The molecule has 1 aliphatic heterocycles. The van der Waals surface area contributed by atoms with E-state index in [0.29, 0.717) is 17.1 Å². The van der Waals surface area contributed by atoms with Crippen molar-refractivity contribution in [2.24, 2.45) is 0 Å². The summed E-state index contributed by atoms with van der Waals surface area (Å²) in [5.74, 6) is 1.01. The third-order valence-corrected chi connectivity index (χ3v) is 5.21. The van der Waals surface area contributed by atoms with E-state index >= 15 is 0 Å². The monoisotopic (exact) mass is 371 g/mol. The van der Waals surface area contributed by atoms with Crippen LogP contribution in [0.4, 0.5) is 0 Å². The maximum atomic E-state index is 12.2. The second-order valence-corrected chi connectivity index (χ2v) is 7.63. The summed E-state index contributed by atoms with van der Waals surface area (Å²) in [7, 11) is -3.70. The molecule has 26 heavy (non-hydrogen) atoms. The van der Waals surface area contributed by atoms with Gasteiger partial charge in [0.2, 0.25) is 0 Å². The molecule has 1 atom stereocenters. The van der Waals surface area contributed by atoms with Gasteiger partial charge in [-0.2, -0.15) is 8.42 Å². The van der Waals surface area contributed by atoms with Crippen molar-refractivity contribution >= 4 is 21.0 Å². The molecule has 0 aliphatic carbocycles. The van der Waals surface area contributed by atoms with Gasteiger partial charge in [0.15, 0.2) is 17.6 Å². The van der Waals surface area contributed by atoms with E-state index < -0.39 is 16.2 Å². The van der Waals surface area contributed by atoms with Crippen LogP contribution in [0.3, 0.4) is 0 Å². The van der Waals surface area contributed by atoms with E-state index in [9.17, 15) is 8.42 Å². The first-order chi connectivity index (χ1) is 12.6. The van der Waals surface area contributed by atoms with E-state index in [4.69, 9.17) is 13.7 Å². The normalized spacial score (nSPS) is 16.5. The second kappa shape index (κ2) is 6.93. The molecule has 0 fully saturated rings. The van der Waals surface area contributed by atoms with Gasteiger partial charge in [-0.15, -0.1) is 0 Å². The number of fused-ring (bicyclic) bond motifs is 3. The van der Waals surface area contributed by atoms with Gasteiger partial charge >= 0.3 is 0 Å². The van der Waals surface area contributed by atoms with Crippen molar-refractivity contribution in [1.29, 1.82) is 0 Å². The fourth-order valence-corrected chi connectivity index (χ4v) is 3.85. The van der Waals surface area contributed by atoms with Gasteiger partial charge in [-0.3, -0.25) is 9.17 Å². The molecule has 1 aliphatic rings. The molecule has 2 heterocycles. The molecule has 7 heteroatoms. The second-order valence-electron chi connectivity index (χ2n) is 5.99. The molecular weight excluding hydrogens is 354 g/mol. The van der Waals surface area contributed by atoms with Gasteiger partial charge in [-0.05, 0) is 29.8 Å². The van der Waals surface area contributed by atoms with Gasteiger partial charge < -0.3 is 9.47 Å². The van der Waals surface area contributed by atoms with Crippen molar-refractivity contribution in [2.75, 3.05) is 13.2 Å². The number of hydrogen-bond acceptors (Lipinski definition) is 6. The van der Waals surface area contributed by atoms with Crippen LogP contribution in [-0.4, -0.2) is 32.7 Å². The highest BCUT2D eigenvalue weighted by molar-refractivity contribution is 7.85. The summed E-state index contributed by atoms with van der Waals surface area (Å²) in [5, 5.41) is 0.821. The third kappa shape index (κ3) is 3.63. The Morgan fingerprint density at radius 1 is 1.08 bits per heavy atom. The molecule has 6 nitrogen and oxygen atoms in total. The van der Waals surface area contributed by atoms with Crippen LogP contribution in [0.25, 0.3) is 10.9 Å². The topological polar surface area (TPSA) is 74.7 Å². The van der Waals surface area contributed by atoms with Gasteiger partial charge in [0.25, 0.3) is 10.1 Å². The summed E-state index contributed by atoms with van der Waals surface area (Å²) >= 11 is 0. The van der Waals surface area contributed by atoms with Crippen molar-refractivity contribution in [3.8, 4) is 11.5 Å². The molecule has 0 spiro atoms. The number of hydrogen-bond donors (Lipinski definition) is 0. The number of pyridine rings is 1. The molecule has 0 amide bonds. The zero-order valence-corrected chi connectivity index (χ0v) is 14.7. The molecule has 0 saturated heterocycles. The van der Waals surface area contributed by atoms with Crippen molar-refractivity contribution in [2.45, 2.75) is 11.9 Å². The molecule has 3 aromatic rings. The molecule has 0 radical (unpaired) electrons. The maximum Gasteiger partial charge on any atom is 0.271 e. The van der Waals surface area contributed by atoms with Crippen molar-refractivity contribution in [3.05, 3.63) is 66.4 Å². The zero-order chi connectivity index (χ0) is 18.0. The Labute approximate surface area is 151 Å². The minimum atomic E-state index is -3.70. The first kappa shape index (κ1) is 16.8. The fourth-order valence-electron chi connectivity index (χ4n) is 2.81. The molecule has 4 rings (SSSR count). The largest absolute Gasteiger partial charge is 0.486 e. The predicted molar refractivity (Wildman–Crippen MR) is 96.7 cm³/mol. The lowest BCUT2D eigenvalue weighted by molar-refractivity contribution is 0.0571. The van der Waals surface area contributed by atoms with Gasteiger partial charge in [-0.25, -0.2) is 0 Å². The standard InChI is InChI=1S/C19H17NO5S/c21-26(22,13-14-5-2-1-3-6-14)24-12-15-11-23-18-9-8-17-16(19(18)25-15)7-4-10-20-17/h1-10,15H,11-13H2/t15-/m1/s1. The van der Waals surface area contributed by atoms with E-state index in [2.05, 4.69) is 4.98 Å². The minimum Gasteiger partial charge on any atom is -0.486 e. The average Bonchev–Trinajstić information content (AvgIpc) is 2.67. The van der Waals surface area contributed by atoms with E-state index in [1.807, 2.05) is 24.3 Å². The summed E-state index contributed by atoms with van der Waals surface area (Å²) < 4.78 is 41.1. The molecule has 0 unspecified atom stereocenters. The zero-order valence-electron chi connectivity index (χ0n) is 13.9. The van der Waals surface area contributed by atoms with Gasteiger partial charge in [-0.1, -0.05) is 30.3 Å². The predicted octanol–water partition coefficient (Wildman–Crippen LogP) is 2.92. The van der Waals surface area contributed by atoms with Gasteiger partial charge in [0.05, 0.1) is 5.52 Å². The highest BCUT2D eigenvalue weighted by atomic mass is 32.2. The molecule has 1 aromatic heterocycles. The van der Waals surface area contributed by atoms with E-state index in [1.165, 1.54) is 0 Å². The smallest absolute Gasteiger partial charge is 0.271 e. The first-order valence-electron chi connectivity index (χ1n) is 8.19. The van der Waals surface area contributed by atoms with Crippen LogP contribution in [0.15, 0.2) is 60.8 Å². The number of aromatic nitrogens is 1. The van der Waals surface area contributed by atoms with E-state index in [-0.39, 0.29) is 19.0 Å². The van der Waals surface area contributed by atoms with Crippen molar-refractivity contribution < 1.29 is 22.1 Å².